The van der Waals surface area contributed by atoms with Gasteiger partial charge < -0.3 is 5.32 Å². The molecule has 0 radical (unpaired) electrons. The minimum atomic E-state index is -0.0331. The van der Waals surface area contributed by atoms with E-state index in [-0.39, 0.29) is 5.91 Å². The Labute approximate surface area is 132 Å². The molecule has 1 N–H and O–H groups in total. The molecule has 0 saturated carbocycles. The molecule has 2 aromatic rings. The monoisotopic (exact) mass is 349 g/mol. The summed E-state index contributed by atoms with van der Waals surface area (Å²) in [7, 11) is 0. The predicted octanol–water partition coefficient (Wildman–Crippen LogP) is 4.28. The van der Waals surface area contributed by atoms with E-state index in [9.17, 15) is 4.79 Å². The van der Waals surface area contributed by atoms with E-state index in [4.69, 9.17) is 0 Å². The average molecular weight is 350 g/mol. The van der Waals surface area contributed by atoms with Gasteiger partial charge >= 0.3 is 0 Å². The Balaban J connectivity index is 1.82. The molecule has 0 atom stereocenters. The number of rotatable bonds is 5. The second-order valence-corrected chi connectivity index (χ2v) is 6.42. The molecule has 0 spiro atoms. The molecule has 0 aliphatic carbocycles. The lowest BCUT2D eigenvalue weighted by atomic mass is 10.1. The normalized spacial score (nSPS) is 10.3. The molecule has 20 heavy (non-hydrogen) atoms. The summed E-state index contributed by atoms with van der Waals surface area (Å²) in [4.78, 5) is 13.3. The standard InChI is InChI=1S/C16H16BrNOS/c1-12-7-8-15(17)14(11-12)16(19)18-9-10-20-13-5-3-2-4-6-13/h2-8,11H,9-10H2,1H3,(H,18,19). The Bertz CT molecular complexity index is 586. The molecule has 2 rings (SSSR count). The van der Waals surface area contributed by atoms with Gasteiger partial charge in [-0.2, -0.15) is 0 Å². The molecule has 2 aromatic carbocycles. The number of thioether (sulfide) groups is 1. The first kappa shape index (κ1) is 15.1. The Morgan fingerprint density at radius 3 is 2.70 bits per heavy atom. The lowest BCUT2D eigenvalue weighted by Gasteiger charge is -2.07. The quantitative estimate of drug-likeness (QED) is 0.644. The molecule has 2 nitrogen and oxygen atoms in total. The topological polar surface area (TPSA) is 29.1 Å². The zero-order valence-electron chi connectivity index (χ0n) is 11.2. The van der Waals surface area contributed by atoms with E-state index < -0.39 is 0 Å². The van der Waals surface area contributed by atoms with E-state index in [1.54, 1.807) is 11.8 Å². The van der Waals surface area contributed by atoms with Crippen LogP contribution in [-0.2, 0) is 0 Å². The Kier molecular flexibility index (Phi) is 5.68. The van der Waals surface area contributed by atoms with Crippen LogP contribution in [0.2, 0.25) is 0 Å². The number of hydrogen-bond acceptors (Lipinski definition) is 2. The molecule has 4 heteroatoms. The van der Waals surface area contributed by atoms with Crippen LogP contribution in [0.3, 0.4) is 0 Å². The Hall–Kier alpha value is -1.26. The van der Waals surface area contributed by atoms with Crippen molar-refractivity contribution in [1.29, 1.82) is 0 Å². The SMILES string of the molecule is Cc1ccc(Br)c(C(=O)NCCSc2ccccc2)c1. The number of amides is 1. The molecule has 0 aromatic heterocycles. The highest BCUT2D eigenvalue weighted by Crippen LogP contribution is 2.18. The van der Waals surface area contributed by atoms with Crippen LogP contribution in [0.15, 0.2) is 57.9 Å². The van der Waals surface area contributed by atoms with Crippen LogP contribution in [0.4, 0.5) is 0 Å². The number of aryl methyl sites for hydroxylation is 1. The third-order valence-corrected chi connectivity index (χ3v) is 4.47. The van der Waals surface area contributed by atoms with Gasteiger partial charge in [-0.15, -0.1) is 11.8 Å². The van der Waals surface area contributed by atoms with E-state index in [2.05, 4.69) is 33.4 Å². The van der Waals surface area contributed by atoms with Gasteiger partial charge in [0.25, 0.3) is 5.91 Å². The van der Waals surface area contributed by atoms with Crippen LogP contribution in [0, 0.1) is 6.92 Å². The number of hydrogen-bond donors (Lipinski definition) is 1. The first-order valence-electron chi connectivity index (χ1n) is 6.39. The van der Waals surface area contributed by atoms with Gasteiger partial charge in [0, 0.05) is 21.7 Å². The van der Waals surface area contributed by atoms with Gasteiger partial charge in [-0.05, 0) is 47.1 Å². The molecule has 0 fully saturated rings. The number of carbonyl (C=O) groups excluding carboxylic acids is 1. The van der Waals surface area contributed by atoms with Crippen molar-refractivity contribution in [2.45, 2.75) is 11.8 Å². The maximum Gasteiger partial charge on any atom is 0.252 e. The fourth-order valence-corrected chi connectivity index (χ4v) is 2.97. The van der Waals surface area contributed by atoms with Crippen molar-refractivity contribution in [3.63, 3.8) is 0 Å². The number of nitrogens with one attached hydrogen (secondary N) is 1. The second kappa shape index (κ2) is 7.50. The first-order valence-corrected chi connectivity index (χ1v) is 8.17. The molecular weight excluding hydrogens is 334 g/mol. The maximum atomic E-state index is 12.1. The van der Waals surface area contributed by atoms with Gasteiger partial charge in [-0.25, -0.2) is 0 Å². The Morgan fingerprint density at radius 1 is 1.20 bits per heavy atom. The van der Waals surface area contributed by atoms with E-state index in [0.717, 1.165) is 15.8 Å². The number of benzene rings is 2. The molecule has 0 bridgehead atoms. The maximum absolute atomic E-state index is 12.1. The summed E-state index contributed by atoms with van der Waals surface area (Å²) in [6, 6.07) is 16.0. The van der Waals surface area contributed by atoms with E-state index in [0.29, 0.717) is 12.1 Å². The molecule has 1 amide bonds. The van der Waals surface area contributed by atoms with E-state index in [1.807, 2.05) is 43.3 Å². The number of halogens is 1. The molecule has 0 saturated heterocycles. The molecule has 0 unspecified atom stereocenters. The van der Waals surface area contributed by atoms with E-state index >= 15 is 0 Å². The molecule has 0 aliphatic rings. The lowest BCUT2D eigenvalue weighted by molar-refractivity contribution is 0.0955. The largest absolute Gasteiger partial charge is 0.351 e. The van der Waals surface area contributed by atoms with Crippen molar-refractivity contribution in [3.05, 3.63) is 64.1 Å². The summed E-state index contributed by atoms with van der Waals surface area (Å²) in [5, 5.41) is 2.95. The highest BCUT2D eigenvalue weighted by Gasteiger charge is 2.09. The minimum Gasteiger partial charge on any atom is -0.351 e. The summed E-state index contributed by atoms with van der Waals surface area (Å²) < 4.78 is 0.830. The zero-order valence-corrected chi connectivity index (χ0v) is 13.6. The third kappa shape index (κ3) is 4.39. The van der Waals surface area contributed by atoms with Gasteiger partial charge in [0.1, 0.15) is 0 Å². The van der Waals surface area contributed by atoms with Crippen molar-refractivity contribution >= 4 is 33.6 Å². The Morgan fingerprint density at radius 2 is 1.95 bits per heavy atom. The van der Waals surface area contributed by atoms with Gasteiger partial charge in [0.15, 0.2) is 0 Å². The van der Waals surface area contributed by atoms with Crippen molar-refractivity contribution in [3.8, 4) is 0 Å². The van der Waals surface area contributed by atoms with Crippen LogP contribution < -0.4 is 5.32 Å². The highest BCUT2D eigenvalue weighted by molar-refractivity contribution is 9.10. The van der Waals surface area contributed by atoms with Crippen molar-refractivity contribution in [1.82, 2.24) is 5.32 Å². The van der Waals surface area contributed by atoms with Crippen LogP contribution >= 0.6 is 27.7 Å². The predicted molar refractivity (Wildman–Crippen MR) is 88.4 cm³/mol. The molecule has 0 heterocycles. The lowest BCUT2D eigenvalue weighted by Crippen LogP contribution is -2.26. The zero-order chi connectivity index (χ0) is 14.4. The van der Waals surface area contributed by atoms with Gasteiger partial charge in [-0.1, -0.05) is 29.8 Å². The minimum absolute atomic E-state index is 0.0331. The van der Waals surface area contributed by atoms with Crippen LogP contribution in [-0.4, -0.2) is 18.2 Å². The first-order chi connectivity index (χ1) is 9.66. The van der Waals surface area contributed by atoms with E-state index in [1.165, 1.54) is 4.90 Å². The molecule has 0 aliphatic heterocycles. The third-order valence-electron chi connectivity index (χ3n) is 2.77. The van der Waals surface area contributed by atoms with Gasteiger partial charge in [-0.3, -0.25) is 4.79 Å². The van der Waals surface area contributed by atoms with Gasteiger partial charge in [0.2, 0.25) is 0 Å². The summed E-state index contributed by atoms with van der Waals surface area (Å²) >= 11 is 5.15. The fourth-order valence-electron chi connectivity index (χ4n) is 1.76. The molecular formula is C16H16BrNOS. The smallest absolute Gasteiger partial charge is 0.252 e. The van der Waals surface area contributed by atoms with Crippen LogP contribution in [0.25, 0.3) is 0 Å². The highest BCUT2D eigenvalue weighted by atomic mass is 79.9. The summed E-state index contributed by atoms with van der Waals surface area (Å²) in [6.07, 6.45) is 0. The summed E-state index contributed by atoms with van der Waals surface area (Å²) in [6.45, 7) is 2.63. The summed E-state index contributed by atoms with van der Waals surface area (Å²) in [5.74, 6) is 0.827. The van der Waals surface area contributed by atoms with Crippen molar-refractivity contribution in [2.75, 3.05) is 12.3 Å². The fraction of sp³-hybridized carbons (Fsp3) is 0.188. The van der Waals surface area contributed by atoms with Crippen LogP contribution in [0.5, 0.6) is 0 Å². The average Bonchev–Trinajstić information content (AvgIpc) is 2.47. The number of carbonyl (C=O) groups is 1. The second-order valence-electron chi connectivity index (χ2n) is 4.40. The summed E-state index contributed by atoms with van der Waals surface area (Å²) in [5.41, 5.74) is 1.77. The van der Waals surface area contributed by atoms with Crippen LogP contribution in [0.1, 0.15) is 15.9 Å². The van der Waals surface area contributed by atoms with Gasteiger partial charge in [0.05, 0.1) is 5.56 Å². The van der Waals surface area contributed by atoms with Crippen molar-refractivity contribution in [2.24, 2.45) is 0 Å². The van der Waals surface area contributed by atoms with Crippen molar-refractivity contribution < 1.29 is 4.79 Å². The molecule has 104 valence electrons.